The van der Waals surface area contributed by atoms with E-state index in [2.05, 4.69) is 0 Å². The number of sulfonamides is 1. The first-order valence-corrected chi connectivity index (χ1v) is 10.2. The van der Waals surface area contributed by atoms with Gasteiger partial charge in [0.25, 0.3) is 10.0 Å². The summed E-state index contributed by atoms with van der Waals surface area (Å²) < 4.78 is 31.9. The van der Waals surface area contributed by atoms with Crippen LogP contribution in [-0.4, -0.2) is 27.5 Å². The van der Waals surface area contributed by atoms with Crippen LogP contribution in [0.25, 0.3) is 0 Å². The molecule has 0 bridgehead atoms. The second-order valence-corrected chi connectivity index (χ2v) is 8.45. The Bertz CT molecular complexity index is 914. The van der Waals surface area contributed by atoms with Gasteiger partial charge < -0.3 is 4.74 Å². The number of rotatable bonds is 6. The Kier molecular flexibility index (Phi) is 7.05. The number of hydrogen-bond donors (Lipinski definition) is 0. The summed E-state index contributed by atoms with van der Waals surface area (Å²) in [6, 6.07) is 8.28. The van der Waals surface area contributed by atoms with Gasteiger partial charge in [-0.05, 0) is 37.3 Å². The molecule has 0 saturated heterocycles. The largest absolute Gasteiger partial charge is 0.465 e. The van der Waals surface area contributed by atoms with E-state index in [0.29, 0.717) is 0 Å². The van der Waals surface area contributed by atoms with E-state index >= 15 is 0 Å². The molecule has 2 aromatic rings. The highest BCUT2D eigenvalue weighted by molar-refractivity contribution is 7.92. The van der Waals surface area contributed by atoms with E-state index in [9.17, 15) is 13.2 Å². The van der Waals surface area contributed by atoms with Gasteiger partial charge in [-0.15, -0.1) is 0 Å². The summed E-state index contributed by atoms with van der Waals surface area (Å²) in [5.41, 5.74) is -0.0324. The highest BCUT2D eigenvalue weighted by Crippen LogP contribution is 2.37. The Balaban J connectivity index is 2.62. The van der Waals surface area contributed by atoms with E-state index in [-0.39, 0.29) is 37.3 Å². The number of ether oxygens (including phenoxy) is 1. The van der Waals surface area contributed by atoms with E-state index in [0.717, 1.165) is 4.31 Å². The van der Waals surface area contributed by atoms with Crippen molar-refractivity contribution in [3.05, 3.63) is 56.5 Å². The molecule has 10 heteroatoms. The minimum atomic E-state index is -4.23. The smallest absolute Gasteiger partial charge is 0.326 e. The van der Waals surface area contributed by atoms with Gasteiger partial charge in [0.1, 0.15) is 6.54 Å². The van der Waals surface area contributed by atoms with Crippen molar-refractivity contribution in [2.45, 2.75) is 11.8 Å². The number of carbonyl (C=O) groups excluding carboxylic acids is 1. The van der Waals surface area contributed by atoms with Gasteiger partial charge in [0, 0.05) is 0 Å². The predicted octanol–water partition coefficient (Wildman–Crippen LogP) is 5.06. The molecule has 5 nitrogen and oxygen atoms in total. The molecular formula is C16H13Cl4NO4S. The molecule has 0 unspecified atom stereocenters. The van der Waals surface area contributed by atoms with Gasteiger partial charge in [-0.25, -0.2) is 8.42 Å². The quantitative estimate of drug-likeness (QED) is 0.570. The molecule has 140 valence electrons. The standard InChI is InChI=1S/C16H13Cl4NO4S/c1-2-25-15(22)9-21(16-12(18)4-3-5-13(16)19)26(23,24)10-6-7-11(17)14(20)8-10/h3-8H,2,9H2,1H3. The van der Waals surface area contributed by atoms with Crippen molar-refractivity contribution < 1.29 is 17.9 Å². The Morgan fingerprint density at radius 3 is 2.15 bits per heavy atom. The van der Waals surface area contributed by atoms with Crippen LogP contribution in [0.2, 0.25) is 20.1 Å². The molecule has 0 heterocycles. The first-order valence-electron chi connectivity index (χ1n) is 7.26. The normalized spacial score (nSPS) is 11.3. The van der Waals surface area contributed by atoms with Gasteiger partial charge in [-0.2, -0.15) is 0 Å². The lowest BCUT2D eigenvalue weighted by atomic mass is 10.3. The van der Waals surface area contributed by atoms with Crippen LogP contribution in [-0.2, 0) is 19.6 Å². The average molecular weight is 457 g/mol. The molecule has 0 fully saturated rings. The zero-order valence-electron chi connectivity index (χ0n) is 13.4. The van der Waals surface area contributed by atoms with E-state index in [1.807, 2.05) is 0 Å². The number of hydrogen-bond acceptors (Lipinski definition) is 4. The Morgan fingerprint density at radius 1 is 1.00 bits per heavy atom. The maximum absolute atomic E-state index is 13.1. The number of carbonyl (C=O) groups is 1. The molecule has 0 atom stereocenters. The average Bonchev–Trinajstić information content (AvgIpc) is 2.56. The fraction of sp³-hybridized carbons (Fsp3) is 0.188. The number of nitrogens with zero attached hydrogens (tertiary/aromatic N) is 1. The number of anilines is 1. The fourth-order valence-corrected chi connectivity index (χ4v) is 4.64. The van der Waals surface area contributed by atoms with Crippen LogP contribution >= 0.6 is 46.4 Å². The van der Waals surface area contributed by atoms with Crippen molar-refractivity contribution in [3.8, 4) is 0 Å². The SMILES string of the molecule is CCOC(=O)CN(c1c(Cl)cccc1Cl)S(=O)(=O)c1ccc(Cl)c(Cl)c1. The Labute approximate surface area is 171 Å². The molecule has 0 aliphatic carbocycles. The summed E-state index contributed by atoms with van der Waals surface area (Å²) in [5.74, 6) is -0.757. The van der Waals surface area contributed by atoms with E-state index < -0.39 is 22.5 Å². The second-order valence-electron chi connectivity index (χ2n) is 4.96. The van der Waals surface area contributed by atoms with E-state index in [4.69, 9.17) is 51.1 Å². The monoisotopic (exact) mass is 455 g/mol. The third-order valence-corrected chi connectivity index (χ3v) is 6.33. The fourth-order valence-electron chi connectivity index (χ4n) is 2.10. The minimum Gasteiger partial charge on any atom is -0.465 e. The van der Waals surface area contributed by atoms with Crippen molar-refractivity contribution in [2.75, 3.05) is 17.5 Å². The van der Waals surface area contributed by atoms with Crippen LogP contribution in [0.4, 0.5) is 5.69 Å². The molecule has 0 aliphatic heterocycles. The topological polar surface area (TPSA) is 63.7 Å². The van der Waals surface area contributed by atoms with Crippen molar-refractivity contribution in [1.82, 2.24) is 0 Å². The zero-order chi connectivity index (χ0) is 19.5. The van der Waals surface area contributed by atoms with Gasteiger partial charge in [-0.1, -0.05) is 52.5 Å². The highest BCUT2D eigenvalue weighted by Gasteiger charge is 2.31. The van der Waals surface area contributed by atoms with Crippen molar-refractivity contribution >= 4 is 68.1 Å². The molecular weight excluding hydrogens is 444 g/mol. The van der Waals surface area contributed by atoms with Gasteiger partial charge in [0.2, 0.25) is 0 Å². The van der Waals surface area contributed by atoms with Gasteiger partial charge >= 0.3 is 5.97 Å². The third-order valence-electron chi connectivity index (χ3n) is 3.24. The molecule has 0 N–H and O–H groups in total. The first-order chi connectivity index (χ1) is 12.2. The van der Waals surface area contributed by atoms with Crippen LogP contribution in [0.5, 0.6) is 0 Å². The van der Waals surface area contributed by atoms with Gasteiger partial charge in [-0.3, -0.25) is 9.10 Å². The van der Waals surface area contributed by atoms with Crippen molar-refractivity contribution in [1.29, 1.82) is 0 Å². The van der Waals surface area contributed by atoms with Crippen LogP contribution in [0.3, 0.4) is 0 Å². The summed E-state index contributed by atoms with van der Waals surface area (Å²) >= 11 is 24.1. The van der Waals surface area contributed by atoms with Gasteiger partial charge in [0.15, 0.2) is 0 Å². The summed E-state index contributed by atoms with van der Waals surface area (Å²) in [6.07, 6.45) is 0. The molecule has 0 aliphatic rings. The van der Waals surface area contributed by atoms with Crippen LogP contribution < -0.4 is 4.31 Å². The molecule has 2 rings (SSSR count). The lowest BCUT2D eigenvalue weighted by Gasteiger charge is -2.25. The number of halogens is 4. The van der Waals surface area contributed by atoms with Gasteiger partial charge in [0.05, 0.1) is 37.3 Å². The summed E-state index contributed by atoms with van der Waals surface area (Å²) in [7, 11) is -4.23. The number of para-hydroxylation sites is 1. The van der Waals surface area contributed by atoms with Crippen molar-refractivity contribution in [2.24, 2.45) is 0 Å². The maximum atomic E-state index is 13.1. The Morgan fingerprint density at radius 2 is 1.62 bits per heavy atom. The van der Waals surface area contributed by atoms with Crippen LogP contribution in [0.1, 0.15) is 6.92 Å². The minimum absolute atomic E-state index is 0.0324. The second kappa shape index (κ2) is 8.67. The molecule has 0 saturated carbocycles. The summed E-state index contributed by atoms with van der Waals surface area (Å²) in [4.78, 5) is 11.8. The first kappa shape index (κ1) is 21.1. The lowest BCUT2D eigenvalue weighted by Crippen LogP contribution is -2.37. The van der Waals surface area contributed by atoms with E-state index in [1.165, 1.54) is 30.3 Å². The molecule has 0 aromatic heterocycles. The Hall–Kier alpha value is -1.18. The number of esters is 1. The molecule has 0 radical (unpaired) electrons. The number of benzene rings is 2. The third kappa shape index (κ3) is 4.56. The van der Waals surface area contributed by atoms with Crippen molar-refractivity contribution in [3.63, 3.8) is 0 Å². The lowest BCUT2D eigenvalue weighted by molar-refractivity contribution is -0.141. The highest BCUT2D eigenvalue weighted by atomic mass is 35.5. The summed E-state index contributed by atoms with van der Waals surface area (Å²) in [6.45, 7) is 1.09. The van der Waals surface area contributed by atoms with Crippen LogP contribution in [0, 0.1) is 0 Å². The van der Waals surface area contributed by atoms with Crippen LogP contribution in [0.15, 0.2) is 41.3 Å². The molecule has 0 spiro atoms. The molecule has 2 aromatic carbocycles. The maximum Gasteiger partial charge on any atom is 0.326 e. The van der Waals surface area contributed by atoms with E-state index in [1.54, 1.807) is 13.0 Å². The zero-order valence-corrected chi connectivity index (χ0v) is 17.2. The summed E-state index contributed by atoms with van der Waals surface area (Å²) in [5, 5.41) is 0.364. The molecule has 0 amide bonds. The predicted molar refractivity (Wildman–Crippen MR) is 104 cm³/mol. The molecule has 26 heavy (non-hydrogen) atoms.